The molecule has 3 aromatic rings. The number of piperidine rings is 1. The van der Waals surface area contributed by atoms with Gasteiger partial charge in [-0.3, -0.25) is 9.69 Å². The zero-order valence-corrected chi connectivity index (χ0v) is 19.6. The van der Waals surface area contributed by atoms with Crippen LogP contribution in [0.5, 0.6) is 0 Å². The van der Waals surface area contributed by atoms with Crippen LogP contribution in [-0.4, -0.2) is 43.2 Å². The summed E-state index contributed by atoms with van der Waals surface area (Å²) >= 11 is 0. The highest BCUT2D eigenvalue weighted by Crippen LogP contribution is 2.33. The normalized spacial score (nSPS) is 19.1. The number of H-pyrrole nitrogens is 1. The first-order valence-corrected chi connectivity index (χ1v) is 11.4. The number of aromatic nitrogens is 5. The molecule has 7 heteroatoms. The Morgan fingerprint density at radius 3 is 2.77 bits per heavy atom. The van der Waals surface area contributed by atoms with Gasteiger partial charge in [0.15, 0.2) is 5.82 Å². The molecule has 0 bridgehead atoms. The van der Waals surface area contributed by atoms with Crippen LogP contribution < -0.4 is 5.56 Å². The minimum atomic E-state index is -0.279. The van der Waals surface area contributed by atoms with E-state index in [0.717, 1.165) is 48.2 Å². The number of nitrogens with one attached hydrogen (secondary N) is 1. The van der Waals surface area contributed by atoms with Crippen LogP contribution in [0, 0.1) is 19.8 Å². The Morgan fingerprint density at radius 2 is 2.06 bits per heavy atom. The molecule has 1 saturated heterocycles. The van der Waals surface area contributed by atoms with Gasteiger partial charge in [-0.05, 0) is 92.4 Å². The van der Waals surface area contributed by atoms with Crippen LogP contribution in [0.3, 0.4) is 0 Å². The first kappa shape index (κ1) is 21.7. The molecule has 2 aromatic heterocycles. The number of hydrogen-bond acceptors (Lipinski definition) is 5. The highest BCUT2D eigenvalue weighted by Gasteiger charge is 2.35. The van der Waals surface area contributed by atoms with Crippen molar-refractivity contribution in [2.75, 3.05) is 13.1 Å². The van der Waals surface area contributed by atoms with E-state index in [1.807, 2.05) is 10.7 Å². The summed E-state index contributed by atoms with van der Waals surface area (Å²) in [4.78, 5) is 19.0. The van der Waals surface area contributed by atoms with E-state index >= 15 is 0 Å². The molecular formula is C24H34N6O. The molecule has 0 amide bonds. The van der Waals surface area contributed by atoms with Crippen LogP contribution >= 0.6 is 0 Å². The van der Waals surface area contributed by atoms with Gasteiger partial charge in [-0.25, -0.2) is 4.68 Å². The van der Waals surface area contributed by atoms with Gasteiger partial charge in [-0.2, -0.15) is 0 Å². The van der Waals surface area contributed by atoms with E-state index in [4.69, 9.17) is 0 Å². The molecule has 0 aliphatic carbocycles. The second-order valence-corrected chi connectivity index (χ2v) is 9.79. The molecule has 31 heavy (non-hydrogen) atoms. The van der Waals surface area contributed by atoms with Gasteiger partial charge < -0.3 is 4.98 Å². The summed E-state index contributed by atoms with van der Waals surface area (Å²) in [5.41, 5.74) is 3.61. The van der Waals surface area contributed by atoms with Crippen molar-refractivity contribution in [3.8, 4) is 0 Å². The maximum atomic E-state index is 13.4. The molecule has 3 heterocycles. The average Bonchev–Trinajstić information content (AvgIpc) is 3.22. The fourth-order valence-corrected chi connectivity index (χ4v) is 4.65. The average molecular weight is 423 g/mol. The minimum absolute atomic E-state index is 0.0618. The van der Waals surface area contributed by atoms with E-state index in [2.05, 4.69) is 79.1 Å². The molecular weight excluding hydrogens is 388 g/mol. The molecule has 1 aromatic carbocycles. The first-order chi connectivity index (χ1) is 14.7. The highest BCUT2D eigenvalue weighted by molar-refractivity contribution is 5.83. The van der Waals surface area contributed by atoms with Crippen LogP contribution in [-0.2, 0) is 5.54 Å². The third-order valence-corrected chi connectivity index (χ3v) is 7.10. The van der Waals surface area contributed by atoms with Crippen LogP contribution in [0.4, 0.5) is 0 Å². The second kappa shape index (κ2) is 8.19. The predicted octanol–water partition coefficient (Wildman–Crippen LogP) is 4.10. The number of aryl methyl sites for hydroxylation is 2. The maximum absolute atomic E-state index is 13.4. The number of rotatable bonds is 5. The van der Waals surface area contributed by atoms with Crippen LogP contribution in [0.1, 0.15) is 75.5 Å². The van der Waals surface area contributed by atoms with Crippen molar-refractivity contribution in [3.63, 3.8) is 0 Å². The van der Waals surface area contributed by atoms with Gasteiger partial charge >= 0.3 is 0 Å². The lowest BCUT2D eigenvalue weighted by atomic mass is 9.94. The first-order valence-electron chi connectivity index (χ1n) is 11.4. The van der Waals surface area contributed by atoms with Crippen molar-refractivity contribution in [3.05, 3.63) is 51.1 Å². The Hall–Kier alpha value is -2.54. The number of likely N-dealkylation sites (tertiary alicyclic amines) is 1. The van der Waals surface area contributed by atoms with Crippen molar-refractivity contribution < 1.29 is 0 Å². The number of tetrazole rings is 1. The molecule has 4 rings (SSSR count). The summed E-state index contributed by atoms with van der Waals surface area (Å²) < 4.78 is 1.92. The lowest BCUT2D eigenvalue weighted by molar-refractivity contribution is 0.135. The van der Waals surface area contributed by atoms with E-state index in [0.29, 0.717) is 11.5 Å². The molecule has 2 atom stereocenters. The molecule has 0 spiro atoms. The molecule has 0 unspecified atom stereocenters. The van der Waals surface area contributed by atoms with Crippen LogP contribution in [0.2, 0.25) is 0 Å². The number of aromatic amines is 1. The van der Waals surface area contributed by atoms with Gasteiger partial charge in [-0.15, -0.1) is 5.10 Å². The molecule has 1 N–H and O–H groups in total. The Morgan fingerprint density at radius 1 is 1.29 bits per heavy atom. The lowest BCUT2D eigenvalue weighted by Crippen LogP contribution is -2.42. The van der Waals surface area contributed by atoms with Gasteiger partial charge in [-0.1, -0.05) is 26.0 Å². The van der Waals surface area contributed by atoms with E-state index in [1.54, 1.807) is 0 Å². The number of pyridine rings is 1. The second-order valence-electron chi connectivity index (χ2n) is 9.79. The third kappa shape index (κ3) is 3.91. The lowest BCUT2D eigenvalue weighted by Gasteiger charge is -2.37. The SMILES string of the molecule is CCC(C)(C)n1nnnc1[C@@H](c1cc2ccc(C)c(C)c2[nH]c1=O)N1CCC[C@@H](C)C1. The van der Waals surface area contributed by atoms with E-state index in [-0.39, 0.29) is 17.1 Å². The minimum Gasteiger partial charge on any atom is -0.321 e. The maximum Gasteiger partial charge on any atom is 0.253 e. The molecule has 1 fully saturated rings. The number of benzene rings is 1. The third-order valence-electron chi connectivity index (χ3n) is 7.10. The summed E-state index contributed by atoms with van der Waals surface area (Å²) in [6.45, 7) is 14.7. The monoisotopic (exact) mass is 422 g/mol. The van der Waals surface area contributed by atoms with E-state index < -0.39 is 0 Å². The van der Waals surface area contributed by atoms with Crippen molar-refractivity contribution in [2.24, 2.45) is 5.92 Å². The predicted molar refractivity (Wildman–Crippen MR) is 123 cm³/mol. The molecule has 166 valence electrons. The number of hydrogen-bond donors (Lipinski definition) is 1. The Kier molecular flexibility index (Phi) is 5.73. The van der Waals surface area contributed by atoms with Gasteiger partial charge in [0.1, 0.15) is 6.04 Å². The number of nitrogens with zero attached hydrogens (tertiary/aromatic N) is 5. The molecule has 1 aliphatic heterocycles. The van der Waals surface area contributed by atoms with E-state index in [1.165, 1.54) is 12.0 Å². The van der Waals surface area contributed by atoms with Gasteiger partial charge in [0.05, 0.1) is 11.1 Å². The Bertz CT molecular complexity index is 1140. The van der Waals surface area contributed by atoms with Crippen LogP contribution in [0.25, 0.3) is 10.9 Å². The van der Waals surface area contributed by atoms with Crippen molar-refractivity contribution in [2.45, 2.75) is 72.4 Å². The molecule has 0 saturated carbocycles. The smallest absolute Gasteiger partial charge is 0.253 e. The van der Waals surface area contributed by atoms with E-state index in [9.17, 15) is 4.79 Å². The van der Waals surface area contributed by atoms with Crippen LogP contribution in [0.15, 0.2) is 23.0 Å². The highest BCUT2D eigenvalue weighted by atomic mass is 16.1. The Balaban J connectivity index is 1.93. The largest absolute Gasteiger partial charge is 0.321 e. The fraction of sp³-hybridized carbons (Fsp3) is 0.583. The van der Waals surface area contributed by atoms with Crippen molar-refractivity contribution in [1.29, 1.82) is 0 Å². The fourth-order valence-electron chi connectivity index (χ4n) is 4.65. The summed E-state index contributed by atoms with van der Waals surface area (Å²) in [6.07, 6.45) is 3.21. The summed E-state index contributed by atoms with van der Waals surface area (Å²) in [5.74, 6) is 1.32. The zero-order valence-electron chi connectivity index (χ0n) is 19.6. The van der Waals surface area contributed by atoms with Gasteiger partial charge in [0.2, 0.25) is 0 Å². The zero-order chi connectivity index (χ0) is 22.3. The summed E-state index contributed by atoms with van der Waals surface area (Å²) in [7, 11) is 0. The van der Waals surface area contributed by atoms with Crippen molar-refractivity contribution in [1.82, 2.24) is 30.1 Å². The van der Waals surface area contributed by atoms with Gasteiger partial charge in [0, 0.05) is 12.1 Å². The Labute approximate surface area is 183 Å². The standard InChI is InChI=1S/C24H34N6O/c1-7-24(5,6)30-22(26-27-28-30)21(29-12-8-9-15(2)14-29)19-13-18-11-10-16(3)17(4)20(18)25-23(19)31/h10-11,13,15,21H,7-9,12,14H2,1-6H3,(H,25,31)/t15-,21-/m1/s1. The number of fused-ring (bicyclic) bond motifs is 1. The molecule has 0 radical (unpaired) electrons. The topological polar surface area (TPSA) is 79.7 Å². The summed E-state index contributed by atoms with van der Waals surface area (Å²) in [6, 6.07) is 5.97. The summed E-state index contributed by atoms with van der Waals surface area (Å²) in [5, 5.41) is 13.9. The molecule has 1 aliphatic rings. The molecule has 7 nitrogen and oxygen atoms in total. The van der Waals surface area contributed by atoms with Crippen molar-refractivity contribution >= 4 is 10.9 Å². The quantitative estimate of drug-likeness (QED) is 0.670. The van der Waals surface area contributed by atoms with Gasteiger partial charge in [0.25, 0.3) is 5.56 Å².